The largest absolute Gasteiger partial charge is 0.367 e. The van der Waals surface area contributed by atoms with E-state index in [2.05, 4.69) is 15.0 Å². The molecule has 9 heteroatoms. The number of methoxy groups -OCH3 is 1. The first-order valence-electron chi connectivity index (χ1n) is 6.10. The van der Waals surface area contributed by atoms with E-state index in [-0.39, 0.29) is 5.96 Å². The minimum absolute atomic E-state index is 0.0138. The van der Waals surface area contributed by atoms with Crippen LogP contribution in [0, 0.1) is 0 Å². The van der Waals surface area contributed by atoms with Crippen LogP contribution in [0.25, 0.3) is 0 Å². The molecular formula is C10H20N4O4S. The second-order valence-electron chi connectivity index (χ2n) is 5.03. The highest BCUT2D eigenvalue weighted by Crippen LogP contribution is 2.42. The molecule has 2 atom stereocenters. The Balaban J connectivity index is 2.26. The number of fused-ring (bicyclic) bond motifs is 1. The van der Waals surface area contributed by atoms with Gasteiger partial charge in [0, 0.05) is 27.6 Å². The molecule has 0 aromatic rings. The summed E-state index contributed by atoms with van der Waals surface area (Å²) in [6.07, 6.45) is 2.70. The van der Waals surface area contributed by atoms with E-state index in [0.29, 0.717) is 12.8 Å². The van der Waals surface area contributed by atoms with Gasteiger partial charge < -0.3 is 15.2 Å². The van der Waals surface area contributed by atoms with Crippen LogP contribution in [-0.4, -0.2) is 56.4 Å². The van der Waals surface area contributed by atoms with Crippen molar-refractivity contribution in [3.05, 3.63) is 0 Å². The van der Waals surface area contributed by atoms with E-state index in [0.717, 1.165) is 17.1 Å². The predicted molar refractivity (Wildman–Crippen MR) is 69.5 cm³/mol. The standard InChI is InChI=1S/C10H20N4O4S/c1-14(2)19(16,17)13-8-11-9(15)6-4-5-7-10(9,12-8)18-3/h15H,4-7H2,1-3H3,(H2,11,12,13)/t9-,10+/m1/s1. The van der Waals surface area contributed by atoms with Gasteiger partial charge in [-0.05, 0) is 19.3 Å². The molecule has 2 aliphatic rings. The van der Waals surface area contributed by atoms with Crippen LogP contribution in [-0.2, 0) is 14.9 Å². The number of guanidine groups is 1. The van der Waals surface area contributed by atoms with E-state index in [1.807, 2.05) is 0 Å². The third-order valence-corrected chi connectivity index (χ3v) is 5.02. The lowest BCUT2D eigenvalue weighted by Gasteiger charge is -2.41. The van der Waals surface area contributed by atoms with E-state index in [4.69, 9.17) is 4.74 Å². The number of nitrogens with one attached hydrogen (secondary N) is 2. The van der Waals surface area contributed by atoms with Crippen LogP contribution >= 0.6 is 0 Å². The van der Waals surface area contributed by atoms with Gasteiger partial charge in [-0.2, -0.15) is 12.7 Å². The SMILES string of the molecule is CO[C@@]12CCCC[C@]1(O)NC(NS(=O)(=O)N(C)C)=N2. The van der Waals surface area contributed by atoms with Crippen LogP contribution in [0.1, 0.15) is 25.7 Å². The molecular weight excluding hydrogens is 272 g/mol. The Morgan fingerprint density at radius 3 is 2.58 bits per heavy atom. The molecule has 110 valence electrons. The third kappa shape index (κ3) is 2.31. The number of hydrogen-bond acceptors (Lipinski definition) is 6. The minimum Gasteiger partial charge on any atom is -0.367 e. The summed E-state index contributed by atoms with van der Waals surface area (Å²) in [5, 5.41) is 13.3. The zero-order valence-electron chi connectivity index (χ0n) is 11.3. The highest BCUT2D eigenvalue weighted by molar-refractivity contribution is 7.87. The first-order valence-corrected chi connectivity index (χ1v) is 7.54. The summed E-state index contributed by atoms with van der Waals surface area (Å²) in [5.41, 5.74) is -2.47. The zero-order valence-corrected chi connectivity index (χ0v) is 12.1. The summed E-state index contributed by atoms with van der Waals surface area (Å²) >= 11 is 0. The van der Waals surface area contributed by atoms with Crippen LogP contribution in [0.5, 0.6) is 0 Å². The summed E-state index contributed by atoms with van der Waals surface area (Å²) in [6, 6.07) is 0. The molecule has 1 heterocycles. The number of nitrogens with zero attached hydrogens (tertiary/aromatic N) is 2. The van der Waals surface area contributed by atoms with E-state index in [1.54, 1.807) is 0 Å². The fourth-order valence-corrected chi connectivity index (χ4v) is 2.96. The predicted octanol–water partition coefficient (Wildman–Crippen LogP) is -1.05. The van der Waals surface area contributed by atoms with E-state index in [9.17, 15) is 13.5 Å². The van der Waals surface area contributed by atoms with Gasteiger partial charge in [0.2, 0.25) is 11.7 Å². The first-order chi connectivity index (χ1) is 8.75. The van der Waals surface area contributed by atoms with Gasteiger partial charge in [0.25, 0.3) is 0 Å². The summed E-state index contributed by atoms with van der Waals surface area (Å²) in [5.74, 6) is 0.0138. The van der Waals surface area contributed by atoms with Crippen molar-refractivity contribution in [2.24, 2.45) is 4.99 Å². The second kappa shape index (κ2) is 4.58. The smallest absolute Gasteiger partial charge is 0.303 e. The van der Waals surface area contributed by atoms with Crippen LogP contribution in [0.4, 0.5) is 0 Å². The maximum atomic E-state index is 11.8. The van der Waals surface area contributed by atoms with Crippen molar-refractivity contribution < 1.29 is 18.3 Å². The number of hydrogen-bond donors (Lipinski definition) is 3. The lowest BCUT2D eigenvalue weighted by Crippen LogP contribution is -2.62. The van der Waals surface area contributed by atoms with Crippen molar-refractivity contribution in [1.29, 1.82) is 0 Å². The van der Waals surface area contributed by atoms with Crippen molar-refractivity contribution in [2.45, 2.75) is 37.1 Å². The highest BCUT2D eigenvalue weighted by Gasteiger charge is 2.58. The molecule has 0 amide bonds. The van der Waals surface area contributed by atoms with E-state index < -0.39 is 21.7 Å². The Morgan fingerprint density at radius 1 is 1.42 bits per heavy atom. The topological polar surface area (TPSA) is 103 Å². The van der Waals surface area contributed by atoms with Gasteiger partial charge in [-0.15, -0.1) is 0 Å². The molecule has 1 saturated carbocycles. The van der Waals surface area contributed by atoms with Gasteiger partial charge in [0.05, 0.1) is 0 Å². The zero-order chi connectivity index (χ0) is 14.3. The van der Waals surface area contributed by atoms with Gasteiger partial charge in [0.15, 0.2) is 5.72 Å². The molecule has 0 aromatic carbocycles. The normalized spacial score (nSPS) is 34.7. The maximum Gasteiger partial charge on any atom is 0.303 e. The molecule has 0 radical (unpaired) electrons. The fourth-order valence-electron chi connectivity index (χ4n) is 2.44. The second-order valence-corrected chi connectivity index (χ2v) is 6.92. The Labute approximate surface area is 113 Å². The fraction of sp³-hybridized carbons (Fsp3) is 0.900. The van der Waals surface area contributed by atoms with E-state index >= 15 is 0 Å². The summed E-state index contributed by atoms with van der Waals surface area (Å²) in [7, 11) is 0.617. The van der Waals surface area contributed by atoms with Crippen molar-refractivity contribution in [2.75, 3.05) is 21.2 Å². The monoisotopic (exact) mass is 292 g/mol. The van der Waals surface area contributed by atoms with Crippen LogP contribution in [0.3, 0.4) is 0 Å². The van der Waals surface area contributed by atoms with Crippen molar-refractivity contribution in [1.82, 2.24) is 14.3 Å². The van der Waals surface area contributed by atoms with Crippen molar-refractivity contribution in [3.63, 3.8) is 0 Å². The summed E-state index contributed by atoms with van der Waals surface area (Å²) < 4.78 is 32.2. The molecule has 0 bridgehead atoms. The molecule has 1 aliphatic carbocycles. The van der Waals surface area contributed by atoms with Crippen LogP contribution in [0.15, 0.2) is 4.99 Å². The van der Waals surface area contributed by atoms with Crippen LogP contribution in [0.2, 0.25) is 0 Å². The summed E-state index contributed by atoms with van der Waals surface area (Å²) in [6.45, 7) is 0. The quantitative estimate of drug-likeness (QED) is 0.616. The lowest BCUT2D eigenvalue weighted by molar-refractivity contribution is -0.184. The molecule has 0 spiro atoms. The Kier molecular flexibility index (Phi) is 3.50. The number of ether oxygens (including phenoxy) is 1. The molecule has 1 aliphatic heterocycles. The molecule has 0 saturated heterocycles. The Bertz CT molecular complexity index is 492. The average Bonchev–Trinajstić information content (AvgIpc) is 2.60. The van der Waals surface area contributed by atoms with E-state index in [1.165, 1.54) is 21.2 Å². The Hall–Kier alpha value is -0.900. The molecule has 3 N–H and O–H groups in total. The molecule has 19 heavy (non-hydrogen) atoms. The average molecular weight is 292 g/mol. The lowest BCUT2D eigenvalue weighted by atomic mass is 9.84. The molecule has 1 fully saturated rings. The molecule has 0 aromatic heterocycles. The number of aliphatic hydroxyl groups is 1. The van der Waals surface area contributed by atoms with Crippen LogP contribution < -0.4 is 10.0 Å². The molecule has 0 unspecified atom stereocenters. The minimum atomic E-state index is -3.66. The molecule has 2 rings (SSSR count). The summed E-state index contributed by atoms with van der Waals surface area (Å²) in [4.78, 5) is 4.22. The van der Waals surface area contributed by atoms with Gasteiger partial charge in [-0.1, -0.05) is 0 Å². The van der Waals surface area contributed by atoms with Gasteiger partial charge in [-0.25, -0.2) is 9.71 Å². The van der Waals surface area contributed by atoms with Crippen molar-refractivity contribution in [3.8, 4) is 0 Å². The number of rotatable bonds is 3. The van der Waals surface area contributed by atoms with Gasteiger partial charge in [-0.3, -0.25) is 0 Å². The molecule has 8 nitrogen and oxygen atoms in total. The number of aliphatic imine (C=N–C) groups is 1. The third-order valence-electron chi connectivity index (χ3n) is 3.61. The van der Waals surface area contributed by atoms with Gasteiger partial charge in [0.1, 0.15) is 0 Å². The van der Waals surface area contributed by atoms with Gasteiger partial charge >= 0.3 is 10.2 Å². The van der Waals surface area contributed by atoms with Crippen molar-refractivity contribution >= 4 is 16.2 Å². The highest BCUT2D eigenvalue weighted by atomic mass is 32.2. The maximum absolute atomic E-state index is 11.8. The first kappa shape index (κ1) is 14.5. The Morgan fingerprint density at radius 2 is 2.05 bits per heavy atom.